The Hall–Kier alpha value is -2.49. The first-order chi connectivity index (χ1) is 11.5. The summed E-state index contributed by atoms with van der Waals surface area (Å²) in [5.41, 5.74) is 1.98. The molecule has 2 aromatic rings. The molecule has 0 saturated carbocycles. The molecular weight excluding hydrogens is 302 g/mol. The molecule has 0 bridgehead atoms. The second-order valence-electron chi connectivity index (χ2n) is 6.05. The summed E-state index contributed by atoms with van der Waals surface area (Å²) in [5, 5.41) is 3.02. The normalized spacial score (nSPS) is 11.9. The van der Waals surface area contributed by atoms with Gasteiger partial charge in [0.1, 0.15) is 11.5 Å². The Morgan fingerprint density at radius 3 is 2.38 bits per heavy atom. The molecule has 1 unspecified atom stereocenters. The number of ether oxygens (including phenoxy) is 2. The number of methoxy groups -OCH3 is 1. The second-order valence-corrected chi connectivity index (χ2v) is 6.05. The lowest BCUT2D eigenvalue weighted by atomic mass is 10.1. The molecule has 0 heterocycles. The molecule has 0 aliphatic rings. The quantitative estimate of drug-likeness (QED) is 0.839. The molecule has 2 aromatic carbocycles. The number of carbonyl (C=O) groups is 1. The molecule has 4 nitrogen and oxygen atoms in total. The molecule has 0 fully saturated rings. The van der Waals surface area contributed by atoms with Gasteiger partial charge in [-0.1, -0.05) is 24.3 Å². The standard InChI is InChI=1S/C20H25NO3/c1-14(2)24-18-10-8-17(9-11-18)15(3)21-20(22)13-16-6-5-7-19(12-16)23-4/h5-12,14-15H,13H2,1-4H3,(H,21,22). The molecule has 24 heavy (non-hydrogen) atoms. The molecule has 128 valence electrons. The van der Waals surface area contributed by atoms with E-state index in [-0.39, 0.29) is 18.1 Å². The summed E-state index contributed by atoms with van der Waals surface area (Å²) >= 11 is 0. The summed E-state index contributed by atoms with van der Waals surface area (Å²) in [6.07, 6.45) is 0.478. The minimum Gasteiger partial charge on any atom is -0.497 e. The molecular formula is C20H25NO3. The minimum atomic E-state index is -0.0591. The average molecular weight is 327 g/mol. The van der Waals surface area contributed by atoms with Crippen LogP contribution >= 0.6 is 0 Å². The van der Waals surface area contributed by atoms with Crippen molar-refractivity contribution in [3.05, 3.63) is 59.7 Å². The molecule has 1 N–H and O–H groups in total. The van der Waals surface area contributed by atoms with Crippen LogP contribution in [0.5, 0.6) is 11.5 Å². The van der Waals surface area contributed by atoms with Crippen molar-refractivity contribution in [1.82, 2.24) is 5.32 Å². The minimum absolute atomic E-state index is 0.0155. The molecule has 0 aliphatic carbocycles. The molecule has 1 amide bonds. The van der Waals surface area contributed by atoms with Crippen molar-refractivity contribution in [1.29, 1.82) is 0 Å². The maximum absolute atomic E-state index is 12.2. The Morgan fingerprint density at radius 2 is 1.75 bits per heavy atom. The third-order valence-electron chi connectivity index (χ3n) is 3.63. The fraction of sp³-hybridized carbons (Fsp3) is 0.350. The number of carbonyl (C=O) groups excluding carboxylic acids is 1. The lowest BCUT2D eigenvalue weighted by Crippen LogP contribution is -2.28. The first-order valence-corrected chi connectivity index (χ1v) is 8.17. The Morgan fingerprint density at radius 1 is 1.04 bits per heavy atom. The lowest BCUT2D eigenvalue weighted by molar-refractivity contribution is -0.121. The summed E-state index contributed by atoms with van der Waals surface area (Å²) in [5.74, 6) is 1.58. The zero-order valence-corrected chi connectivity index (χ0v) is 14.7. The van der Waals surface area contributed by atoms with E-state index in [4.69, 9.17) is 9.47 Å². The van der Waals surface area contributed by atoms with Gasteiger partial charge in [0.2, 0.25) is 5.91 Å². The highest BCUT2D eigenvalue weighted by Gasteiger charge is 2.11. The smallest absolute Gasteiger partial charge is 0.224 e. The number of hydrogen-bond acceptors (Lipinski definition) is 3. The summed E-state index contributed by atoms with van der Waals surface area (Å²) in [4.78, 5) is 12.2. The van der Waals surface area contributed by atoms with E-state index < -0.39 is 0 Å². The van der Waals surface area contributed by atoms with Crippen LogP contribution in [0.15, 0.2) is 48.5 Å². The zero-order valence-electron chi connectivity index (χ0n) is 14.7. The van der Waals surface area contributed by atoms with E-state index in [2.05, 4.69) is 5.32 Å². The molecule has 0 aliphatic heterocycles. The summed E-state index contributed by atoms with van der Waals surface area (Å²) in [7, 11) is 1.62. The monoisotopic (exact) mass is 327 g/mol. The van der Waals surface area contributed by atoms with Crippen LogP contribution in [0, 0.1) is 0 Å². The van der Waals surface area contributed by atoms with E-state index in [1.807, 2.05) is 69.3 Å². The fourth-order valence-electron chi connectivity index (χ4n) is 2.45. The van der Waals surface area contributed by atoms with Crippen molar-refractivity contribution in [3.8, 4) is 11.5 Å². The van der Waals surface area contributed by atoms with Crippen molar-refractivity contribution in [2.24, 2.45) is 0 Å². The number of amides is 1. The summed E-state index contributed by atoms with van der Waals surface area (Å²) in [6, 6.07) is 15.3. The van der Waals surface area contributed by atoms with Crippen LogP contribution in [0.3, 0.4) is 0 Å². The summed E-state index contributed by atoms with van der Waals surface area (Å²) < 4.78 is 10.8. The highest BCUT2D eigenvalue weighted by atomic mass is 16.5. The predicted octanol–water partition coefficient (Wildman–Crippen LogP) is 3.90. The SMILES string of the molecule is COc1cccc(CC(=O)NC(C)c2ccc(OC(C)C)cc2)c1. The van der Waals surface area contributed by atoms with Gasteiger partial charge in [-0.25, -0.2) is 0 Å². The van der Waals surface area contributed by atoms with Crippen molar-refractivity contribution in [2.45, 2.75) is 39.3 Å². The summed E-state index contributed by atoms with van der Waals surface area (Å²) in [6.45, 7) is 5.96. The predicted molar refractivity (Wildman–Crippen MR) is 95.5 cm³/mol. The van der Waals surface area contributed by atoms with Crippen LogP contribution in [0.25, 0.3) is 0 Å². The van der Waals surface area contributed by atoms with Crippen LogP contribution in [0.2, 0.25) is 0 Å². The van der Waals surface area contributed by atoms with Gasteiger partial charge >= 0.3 is 0 Å². The third kappa shape index (κ3) is 5.30. The molecule has 4 heteroatoms. The van der Waals surface area contributed by atoms with E-state index in [0.29, 0.717) is 6.42 Å². The van der Waals surface area contributed by atoms with Gasteiger partial charge < -0.3 is 14.8 Å². The van der Waals surface area contributed by atoms with Gasteiger partial charge in [-0.3, -0.25) is 4.79 Å². The topological polar surface area (TPSA) is 47.6 Å². The van der Waals surface area contributed by atoms with E-state index in [9.17, 15) is 4.79 Å². The molecule has 0 aromatic heterocycles. The number of hydrogen-bond donors (Lipinski definition) is 1. The van der Waals surface area contributed by atoms with Crippen molar-refractivity contribution < 1.29 is 14.3 Å². The molecule has 0 radical (unpaired) electrons. The Balaban J connectivity index is 1.93. The van der Waals surface area contributed by atoms with Crippen LogP contribution in [0.1, 0.15) is 37.9 Å². The molecule has 1 atom stereocenters. The maximum atomic E-state index is 12.2. The van der Waals surface area contributed by atoms with Gasteiger partial charge in [0.25, 0.3) is 0 Å². The fourth-order valence-corrected chi connectivity index (χ4v) is 2.45. The first kappa shape index (κ1) is 17.9. The van der Waals surface area contributed by atoms with E-state index in [1.54, 1.807) is 7.11 Å². The highest BCUT2D eigenvalue weighted by molar-refractivity contribution is 5.79. The van der Waals surface area contributed by atoms with Gasteiger partial charge in [0.15, 0.2) is 0 Å². The van der Waals surface area contributed by atoms with E-state index >= 15 is 0 Å². The van der Waals surface area contributed by atoms with Gasteiger partial charge in [-0.05, 0) is 56.2 Å². The van der Waals surface area contributed by atoms with Gasteiger partial charge in [-0.2, -0.15) is 0 Å². The Bertz CT molecular complexity index is 665. The molecule has 2 rings (SSSR count). The second kappa shape index (κ2) is 8.39. The zero-order chi connectivity index (χ0) is 17.5. The average Bonchev–Trinajstić information content (AvgIpc) is 2.55. The lowest BCUT2D eigenvalue weighted by Gasteiger charge is -2.16. The number of benzene rings is 2. The maximum Gasteiger partial charge on any atom is 0.224 e. The molecule has 0 saturated heterocycles. The van der Waals surface area contributed by atoms with Crippen LogP contribution in [-0.4, -0.2) is 19.1 Å². The van der Waals surface area contributed by atoms with Crippen molar-refractivity contribution in [2.75, 3.05) is 7.11 Å². The Kier molecular flexibility index (Phi) is 6.24. The van der Waals surface area contributed by atoms with Gasteiger partial charge in [0, 0.05) is 0 Å². The van der Waals surface area contributed by atoms with E-state index in [0.717, 1.165) is 22.6 Å². The van der Waals surface area contributed by atoms with Crippen molar-refractivity contribution in [3.63, 3.8) is 0 Å². The van der Waals surface area contributed by atoms with E-state index in [1.165, 1.54) is 0 Å². The third-order valence-corrected chi connectivity index (χ3v) is 3.63. The Labute approximate surface area is 143 Å². The highest BCUT2D eigenvalue weighted by Crippen LogP contribution is 2.19. The molecule has 0 spiro atoms. The number of rotatable bonds is 7. The van der Waals surface area contributed by atoms with Crippen LogP contribution in [-0.2, 0) is 11.2 Å². The van der Waals surface area contributed by atoms with Gasteiger partial charge in [0.05, 0.1) is 25.7 Å². The first-order valence-electron chi connectivity index (χ1n) is 8.17. The van der Waals surface area contributed by atoms with Crippen molar-refractivity contribution >= 4 is 5.91 Å². The number of nitrogens with one attached hydrogen (secondary N) is 1. The largest absolute Gasteiger partial charge is 0.497 e. The van der Waals surface area contributed by atoms with Gasteiger partial charge in [-0.15, -0.1) is 0 Å². The van der Waals surface area contributed by atoms with Crippen LogP contribution < -0.4 is 14.8 Å². The van der Waals surface area contributed by atoms with Crippen LogP contribution in [0.4, 0.5) is 0 Å².